The Kier molecular flexibility index (Phi) is 5.19. The van der Waals surface area contributed by atoms with Gasteiger partial charge >= 0.3 is 0 Å². The number of benzene rings is 1. The lowest BCUT2D eigenvalue weighted by molar-refractivity contribution is 0.0759. The van der Waals surface area contributed by atoms with E-state index in [9.17, 15) is 4.79 Å². The minimum Gasteiger partial charge on any atom is -0.348 e. The van der Waals surface area contributed by atoms with Gasteiger partial charge in [-0.05, 0) is 37.0 Å². The van der Waals surface area contributed by atoms with Crippen molar-refractivity contribution in [1.82, 2.24) is 19.4 Å². The molecule has 0 saturated carbocycles. The van der Waals surface area contributed by atoms with Crippen LogP contribution in [-0.4, -0.2) is 52.0 Å². The van der Waals surface area contributed by atoms with Gasteiger partial charge in [0.2, 0.25) is 0 Å². The largest absolute Gasteiger partial charge is 0.348 e. The second kappa shape index (κ2) is 7.59. The molecular formula is C19H22BrN5OS. The van der Waals surface area contributed by atoms with E-state index in [4.69, 9.17) is 4.98 Å². The highest BCUT2D eigenvalue weighted by atomic mass is 79.9. The van der Waals surface area contributed by atoms with Crippen LogP contribution in [0.1, 0.15) is 23.3 Å². The molecule has 6 nitrogen and oxygen atoms in total. The van der Waals surface area contributed by atoms with E-state index in [2.05, 4.69) is 37.9 Å². The fourth-order valence-corrected chi connectivity index (χ4v) is 5.09. The SMILES string of the molecule is CN(CC1CCN(c2nc3ccc(Br)cc3s2)CC1)C(=O)c1cn(C)cn1. The molecule has 1 saturated heterocycles. The van der Waals surface area contributed by atoms with Gasteiger partial charge in [-0.25, -0.2) is 9.97 Å². The van der Waals surface area contributed by atoms with Gasteiger partial charge in [0.15, 0.2) is 5.13 Å². The summed E-state index contributed by atoms with van der Waals surface area (Å²) in [6.07, 6.45) is 5.57. The Morgan fingerprint density at radius 2 is 2.15 bits per heavy atom. The van der Waals surface area contributed by atoms with Gasteiger partial charge in [0.1, 0.15) is 5.69 Å². The molecule has 27 heavy (non-hydrogen) atoms. The molecule has 3 aromatic rings. The van der Waals surface area contributed by atoms with E-state index in [1.165, 1.54) is 4.70 Å². The molecule has 4 rings (SSSR count). The number of amides is 1. The van der Waals surface area contributed by atoms with Crippen LogP contribution in [0, 0.1) is 5.92 Å². The zero-order valence-electron chi connectivity index (χ0n) is 15.4. The summed E-state index contributed by atoms with van der Waals surface area (Å²) >= 11 is 5.27. The van der Waals surface area contributed by atoms with Crippen molar-refractivity contribution < 1.29 is 4.79 Å². The molecule has 1 aliphatic rings. The lowest BCUT2D eigenvalue weighted by Crippen LogP contribution is -2.39. The molecule has 0 N–H and O–H groups in total. The number of carbonyl (C=O) groups excluding carboxylic acids is 1. The van der Waals surface area contributed by atoms with Gasteiger partial charge in [-0.2, -0.15) is 0 Å². The number of thiazole rings is 1. The lowest BCUT2D eigenvalue weighted by atomic mass is 9.96. The van der Waals surface area contributed by atoms with E-state index in [1.807, 2.05) is 20.2 Å². The Balaban J connectivity index is 1.34. The average molecular weight is 448 g/mol. The maximum Gasteiger partial charge on any atom is 0.273 e. The third-order valence-corrected chi connectivity index (χ3v) is 6.60. The first-order chi connectivity index (χ1) is 13.0. The lowest BCUT2D eigenvalue weighted by Gasteiger charge is -2.33. The second-order valence-corrected chi connectivity index (χ2v) is 9.07. The van der Waals surface area contributed by atoms with Crippen LogP contribution in [0.3, 0.4) is 0 Å². The molecule has 0 unspecified atom stereocenters. The molecule has 3 heterocycles. The van der Waals surface area contributed by atoms with E-state index >= 15 is 0 Å². The van der Waals surface area contributed by atoms with Crippen molar-refractivity contribution in [3.05, 3.63) is 40.9 Å². The fraction of sp³-hybridized carbons (Fsp3) is 0.421. The van der Waals surface area contributed by atoms with Crippen LogP contribution in [0.2, 0.25) is 0 Å². The summed E-state index contributed by atoms with van der Waals surface area (Å²) < 4.78 is 4.10. The highest BCUT2D eigenvalue weighted by molar-refractivity contribution is 9.10. The summed E-state index contributed by atoms with van der Waals surface area (Å²) in [5.41, 5.74) is 1.57. The van der Waals surface area contributed by atoms with Gasteiger partial charge in [-0.1, -0.05) is 27.3 Å². The van der Waals surface area contributed by atoms with E-state index < -0.39 is 0 Å². The summed E-state index contributed by atoms with van der Waals surface area (Å²) in [6, 6.07) is 6.22. The second-order valence-electron chi connectivity index (χ2n) is 7.15. The molecule has 0 bridgehead atoms. The number of piperidine rings is 1. The number of rotatable bonds is 4. The highest BCUT2D eigenvalue weighted by Gasteiger charge is 2.24. The van der Waals surface area contributed by atoms with Crippen molar-refractivity contribution in [2.24, 2.45) is 13.0 Å². The fourth-order valence-electron chi connectivity index (χ4n) is 3.52. The summed E-state index contributed by atoms with van der Waals surface area (Å²) in [5, 5.41) is 1.10. The molecule has 0 spiro atoms. The standard InChI is InChI=1S/C19H22BrN5OS/c1-23-11-16(21-12-23)18(26)24(2)10-13-5-7-25(8-6-13)19-22-15-4-3-14(20)9-17(15)27-19/h3-4,9,11-13H,5-8,10H2,1-2H3. The number of imidazole rings is 1. The minimum atomic E-state index is -0.00483. The van der Waals surface area contributed by atoms with Crippen molar-refractivity contribution in [3.63, 3.8) is 0 Å². The Morgan fingerprint density at radius 1 is 1.37 bits per heavy atom. The summed E-state index contributed by atoms with van der Waals surface area (Å²) in [4.78, 5) is 25.6. The van der Waals surface area contributed by atoms with Crippen LogP contribution in [-0.2, 0) is 7.05 Å². The number of nitrogens with zero attached hydrogens (tertiary/aromatic N) is 5. The first-order valence-electron chi connectivity index (χ1n) is 9.04. The molecular weight excluding hydrogens is 426 g/mol. The first-order valence-corrected chi connectivity index (χ1v) is 10.6. The molecule has 1 aliphatic heterocycles. The Hall–Kier alpha value is -1.93. The maximum atomic E-state index is 12.5. The van der Waals surface area contributed by atoms with E-state index in [1.54, 1.807) is 33.3 Å². The zero-order valence-corrected chi connectivity index (χ0v) is 17.8. The molecule has 8 heteroatoms. The van der Waals surface area contributed by atoms with Crippen LogP contribution in [0.15, 0.2) is 35.2 Å². The van der Waals surface area contributed by atoms with Crippen molar-refractivity contribution in [1.29, 1.82) is 0 Å². The molecule has 0 atom stereocenters. The Labute approximate surface area is 170 Å². The summed E-state index contributed by atoms with van der Waals surface area (Å²) in [6.45, 7) is 2.74. The highest BCUT2D eigenvalue weighted by Crippen LogP contribution is 2.33. The zero-order chi connectivity index (χ0) is 19.0. The van der Waals surface area contributed by atoms with Gasteiger partial charge < -0.3 is 14.4 Å². The molecule has 1 fully saturated rings. The third kappa shape index (κ3) is 4.01. The molecule has 142 valence electrons. The van der Waals surface area contributed by atoms with E-state index in [0.717, 1.165) is 47.6 Å². The number of hydrogen-bond donors (Lipinski definition) is 0. The summed E-state index contributed by atoms with van der Waals surface area (Å²) in [7, 11) is 3.75. The smallest absolute Gasteiger partial charge is 0.273 e. The topological polar surface area (TPSA) is 54.3 Å². The maximum absolute atomic E-state index is 12.5. The normalized spacial score (nSPS) is 15.4. The van der Waals surface area contributed by atoms with Crippen LogP contribution >= 0.6 is 27.3 Å². The van der Waals surface area contributed by atoms with Crippen molar-refractivity contribution in [2.75, 3.05) is 31.6 Å². The number of halogens is 1. The van der Waals surface area contributed by atoms with Gasteiger partial charge in [-0.15, -0.1) is 0 Å². The number of anilines is 1. The number of carbonyl (C=O) groups is 1. The number of fused-ring (bicyclic) bond motifs is 1. The van der Waals surface area contributed by atoms with E-state index in [-0.39, 0.29) is 5.91 Å². The van der Waals surface area contributed by atoms with Gasteiger partial charge in [-0.3, -0.25) is 4.79 Å². The van der Waals surface area contributed by atoms with Gasteiger partial charge in [0.05, 0.1) is 16.5 Å². The molecule has 1 amide bonds. The van der Waals surface area contributed by atoms with Crippen molar-refractivity contribution >= 4 is 48.5 Å². The number of aromatic nitrogens is 3. The van der Waals surface area contributed by atoms with Crippen LogP contribution in [0.25, 0.3) is 10.2 Å². The third-order valence-electron chi connectivity index (χ3n) is 5.03. The van der Waals surface area contributed by atoms with Crippen LogP contribution < -0.4 is 4.90 Å². The molecule has 0 aliphatic carbocycles. The van der Waals surface area contributed by atoms with E-state index in [0.29, 0.717) is 11.6 Å². The van der Waals surface area contributed by atoms with Crippen molar-refractivity contribution in [2.45, 2.75) is 12.8 Å². The van der Waals surface area contributed by atoms with Gasteiger partial charge in [0.25, 0.3) is 5.91 Å². The monoisotopic (exact) mass is 447 g/mol. The Bertz CT molecular complexity index is 960. The quantitative estimate of drug-likeness (QED) is 0.610. The predicted molar refractivity (Wildman–Crippen MR) is 112 cm³/mol. The number of hydrogen-bond acceptors (Lipinski definition) is 5. The van der Waals surface area contributed by atoms with Crippen LogP contribution in [0.4, 0.5) is 5.13 Å². The van der Waals surface area contributed by atoms with Crippen molar-refractivity contribution in [3.8, 4) is 0 Å². The van der Waals surface area contributed by atoms with Gasteiger partial charge in [0, 0.05) is 44.4 Å². The average Bonchev–Trinajstić information content (AvgIpc) is 3.27. The Morgan fingerprint density at radius 3 is 2.85 bits per heavy atom. The molecule has 1 aromatic carbocycles. The van der Waals surface area contributed by atoms with Crippen LogP contribution in [0.5, 0.6) is 0 Å². The minimum absolute atomic E-state index is 0.00483. The number of aryl methyl sites for hydroxylation is 1. The summed E-state index contributed by atoms with van der Waals surface area (Å²) in [5.74, 6) is 0.511. The first kappa shape index (κ1) is 18.4. The molecule has 0 radical (unpaired) electrons. The molecule has 2 aromatic heterocycles. The predicted octanol–water partition coefficient (Wildman–Crippen LogP) is 3.78.